The maximum absolute atomic E-state index is 13.2. The van der Waals surface area contributed by atoms with Gasteiger partial charge in [0.15, 0.2) is 0 Å². The van der Waals surface area contributed by atoms with Gasteiger partial charge in [0.05, 0.1) is 4.90 Å². The predicted molar refractivity (Wildman–Crippen MR) is 116 cm³/mol. The van der Waals surface area contributed by atoms with E-state index in [0.29, 0.717) is 30.5 Å². The second-order valence-corrected chi connectivity index (χ2v) is 8.57. The molecule has 1 unspecified atom stereocenters. The van der Waals surface area contributed by atoms with Crippen LogP contribution in [0.1, 0.15) is 18.4 Å². The fraction of sp³-hybridized carbons (Fsp3) is 0.227. The maximum Gasteiger partial charge on any atom is 0.242 e. The SMILES string of the molecule is Cc1ccc(S(=O)(=O)NC(CCCN)C(=O)Nc2ccccc2)c2ccccc12. The van der Waals surface area contributed by atoms with Crippen molar-refractivity contribution in [3.05, 3.63) is 72.3 Å². The van der Waals surface area contributed by atoms with Gasteiger partial charge < -0.3 is 11.1 Å². The molecule has 3 aromatic carbocycles. The summed E-state index contributed by atoms with van der Waals surface area (Å²) in [7, 11) is -3.92. The number of carbonyl (C=O) groups excluding carboxylic acids is 1. The van der Waals surface area contributed by atoms with Crippen LogP contribution in [0.2, 0.25) is 0 Å². The van der Waals surface area contributed by atoms with E-state index in [4.69, 9.17) is 5.73 Å². The number of aryl methyl sites for hydroxylation is 1. The first-order valence-corrected chi connectivity index (χ1v) is 11.0. The summed E-state index contributed by atoms with van der Waals surface area (Å²) in [6.07, 6.45) is 0.822. The molecule has 1 atom stereocenters. The van der Waals surface area contributed by atoms with E-state index in [0.717, 1.165) is 10.9 Å². The van der Waals surface area contributed by atoms with E-state index in [1.807, 2.05) is 25.1 Å². The minimum atomic E-state index is -3.92. The summed E-state index contributed by atoms with van der Waals surface area (Å²) in [4.78, 5) is 12.9. The zero-order chi connectivity index (χ0) is 20.9. The first-order valence-electron chi connectivity index (χ1n) is 9.49. The summed E-state index contributed by atoms with van der Waals surface area (Å²) in [6, 6.07) is 18.7. The van der Waals surface area contributed by atoms with Gasteiger partial charge in [0.1, 0.15) is 6.04 Å². The molecule has 29 heavy (non-hydrogen) atoms. The molecule has 0 aliphatic carbocycles. The van der Waals surface area contributed by atoms with Crippen LogP contribution in [0.3, 0.4) is 0 Å². The zero-order valence-corrected chi connectivity index (χ0v) is 17.1. The van der Waals surface area contributed by atoms with Crippen molar-refractivity contribution in [2.75, 3.05) is 11.9 Å². The number of amides is 1. The smallest absolute Gasteiger partial charge is 0.242 e. The van der Waals surface area contributed by atoms with Gasteiger partial charge in [-0.25, -0.2) is 8.42 Å². The number of carbonyl (C=O) groups is 1. The zero-order valence-electron chi connectivity index (χ0n) is 16.3. The molecule has 0 aromatic heterocycles. The molecule has 0 heterocycles. The van der Waals surface area contributed by atoms with Crippen LogP contribution >= 0.6 is 0 Å². The number of benzene rings is 3. The molecule has 0 fully saturated rings. The monoisotopic (exact) mass is 411 g/mol. The standard InChI is InChI=1S/C22H25N3O3S/c1-16-13-14-21(19-11-6-5-10-18(16)19)29(27,28)25-20(12-7-15-23)22(26)24-17-8-3-2-4-9-17/h2-6,8-11,13-14,20,25H,7,12,15,23H2,1H3,(H,24,26). The lowest BCUT2D eigenvalue weighted by molar-refractivity contribution is -0.117. The number of nitrogens with two attached hydrogens (primary N) is 1. The summed E-state index contributed by atoms with van der Waals surface area (Å²) in [6.45, 7) is 2.30. The largest absolute Gasteiger partial charge is 0.330 e. The van der Waals surface area contributed by atoms with Crippen LogP contribution in [0.5, 0.6) is 0 Å². The first-order chi connectivity index (χ1) is 13.9. The van der Waals surface area contributed by atoms with Gasteiger partial charge in [0.25, 0.3) is 0 Å². The second kappa shape index (κ2) is 9.17. The third-order valence-electron chi connectivity index (χ3n) is 4.74. The molecule has 7 heteroatoms. The number of nitrogens with one attached hydrogen (secondary N) is 2. The number of hydrogen-bond acceptors (Lipinski definition) is 4. The summed E-state index contributed by atoms with van der Waals surface area (Å²) in [5.41, 5.74) is 7.18. The molecular weight excluding hydrogens is 386 g/mol. The van der Waals surface area contributed by atoms with Crippen molar-refractivity contribution in [2.45, 2.75) is 30.7 Å². The predicted octanol–water partition coefficient (Wildman–Crippen LogP) is 3.17. The Hall–Kier alpha value is -2.74. The molecular formula is C22H25N3O3S. The van der Waals surface area contributed by atoms with Gasteiger partial charge in [-0.3, -0.25) is 4.79 Å². The van der Waals surface area contributed by atoms with Crippen molar-refractivity contribution in [1.29, 1.82) is 0 Å². The number of anilines is 1. The van der Waals surface area contributed by atoms with Crippen LogP contribution in [0.4, 0.5) is 5.69 Å². The fourth-order valence-electron chi connectivity index (χ4n) is 3.22. The topological polar surface area (TPSA) is 101 Å². The van der Waals surface area contributed by atoms with Gasteiger partial charge in [-0.1, -0.05) is 48.5 Å². The van der Waals surface area contributed by atoms with Crippen LogP contribution in [0.25, 0.3) is 10.8 Å². The van der Waals surface area contributed by atoms with Crippen LogP contribution in [-0.2, 0) is 14.8 Å². The maximum atomic E-state index is 13.2. The number of fused-ring (bicyclic) bond motifs is 1. The van der Waals surface area contributed by atoms with Gasteiger partial charge in [0, 0.05) is 11.1 Å². The van der Waals surface area contributed by atoms with Crippen molar-refractivity contribution in [1.82, 2.24) is 4.72 Å². The van der Waals surface area contributed by atoms with Crippen molar-refractivity contribution >= 4 is 32.4 Å². The Morgan fingerprint density at radius 3 is 2.31 bits per heavy atom. The fourth-order valence-corrected chi connectivity index (χ4v) is 4.66. The Kier molecular flexibility index (Phi) is 6.64. The van der Waals surface area contributed by atoms with Gasteiger partial charge >= 0.3 is 0 Å². The third-order valence-corrected chi connectivity index (χ3v) is 6.27. The average Bonchev–Trinajstić information content (AvgIpc) is 2.72. The molecule has 0 saturated carbocycles. The Morgan fingerprint density at radius 2 is 1.62 bits per heavy atom. The summed E-state index contributed by atoms with van der Waals surface area (Å²) < 4.78 is 28.9. The van der Waals surface area contributed by atoms with E-state index in [9.17, 15) is 13.2 Å². The molecule has 0 radical (unpaired) electrons. The lowest BCUT2D eigenvalue weighted by Crippen LogP contribution is -2.44. The van der Waals surface area contributed by atoms with Crippen LogP contribution in [-0.4, -0.2) is 26.9 Å². The Morgan fingerprint density at radius 1 is 0.966 bits per heavy atom. The molecule has 4 N–H and O–H groups in total. The molecule has 0 aliphatic rings. The van der Waals surface area contributed by atoms with Gasteiger partial charge in [-0.2, -0.15) is 4.72 Å². The van der Waals surface area contributed by atoms with Crippen molar-refractivity contribution in [3.63, 3.8) is 0 Å². The number of sulfonamides is 1. The number of hydrogen-bond donors (Lipinski definition) is 3. The second-order valence-electron chi connectivity index (χ2n) is 6.89. The van der Waals surface area contributed by atoms with E-state index in [1.54, 1.807) is 48.5 Å². The summed E-state index contributed by atoms with van der Waals surface area (Å²) >= 11 is 0. The lowest BCUT2D eigenvalue weighted by Gasteiger charge is -2.19. The minimum Gasteiger partial charge on any atom is -0.330 e. The molecule has 0 spiro atoms. The van der Waals surface area contributed by atoms with E-state index < -0.39 is 22.0 Å². The molecule has 1 amide bonds. The molecule has 0 aliphatic heterocycles. The van der Waals surface area contributed by atoms with Gasteiger partial charge in [-0.05, 0) is 55.5 Å². The van der Waals surface area contributed by atoms with Crippen LogP contribution in [0.15, 0.2) is 71.6 Å². The van der Waals surface area contributed by atoms with Crippen molar-refractivity contribution in [3.8, 4) is 0 Å². The molecule has 3 aromatic rings. The highest BCUT2D eigenvalue weighted by Gasteiger charge is 2.27. The van der Waals surface area contributed by atoms with Crippen LogP contribution in [0, 0.1) is 6.92 Å². The highest BCUT2D eigenvalue weighted by molar-refractivity contribution is 7.89. The Balaban J connectivity index is 1.90. The van der Waals surface area contributed by atoms with Gasteiger partial charge in [0.2, 0.25) is 15.9 Å². The highest BCUT2D eigenvalue weighted by Crippen LogP contribution is 2.26. The molecule has 3 rings (SSSR count). The van der Waals surface area contributed by atoms with E-state index in [1.165, 1.54) is 0 Å². The molecule has 6 nitrogen and oxygen atoms in total. The summed E-state index contributed by atoms with van der Waals surface area (Å²) in [5, 5.41) is 4.25. The first kappa shape index (κ1) is 21.0. The van der Waals surface area contributed by atoms with E-state index in [-0.39, 0.29) is 4.90 Å². The molecule has 152 valence electrons. The highest BCUT2D eigenvalue weighted by atomic mass is 32.2. The summed E-state index contributed by atoms with van der Waals surface area (Å²) in [5.74, 6) is -0.412. The normalized spacial score (nSPS) is 12.6. The average molecular weight is 412 g/mol. The van der Waals surface area contributed by atoms with Crippen LogP contribution < -0.4 is 15.8 Å². The minimum absolute atomic E-state index is 0.156. The number of rotatable bonds is 8. The molecule has 0 saturated heterocycles. The van der Waals surface area contributed by atoms with E-state index in [2.05, 4.69) is 10.0 Å². The lowest BCUT2D eigenvalue weighted by atomic mass is 10.1. The molecule has 0 bridgehead atoms. The quantitative estimate of drug-likeness (QED) is 0.530. The third kappa shape index (κ3) is 5.00. The van der Waals surface area contributed by atoms with Gasteiger partial charge in [-0.15, -0.1) is 0 Å². The Bertz CT molecular complexity index is 1100. The Labute approximate surface area is 171 Å². The van der Waals surface area contributed by atoms with E-state index >= 15 is 0 Å². The number of para-hydroxylation sites is 1. The van der Waals surface area contributed by atoms with Crippen molar-refractivity contribution < 1.29 is 13.2 Å². The van der Waals surface area contributed by atoms with Crippen molar-refractivity contribution in [2.24, 2.45) is 5.73 Å².